The van der Waals surface area contributed by atoms with E-state index in [4.69, 9.17) is 4.74 Å². The van der Waals surface area contributed by atoms with Crippen molar-refractivity contribution in [2.75, 3.05) is 33.3 Å². The number of carbonyl (C=O) groups is 1. The molecule has 4 nitrogen and oxygen atoms in total. The molecule has 5 heteroatoms. The largest absolute Gasteiger partial charge is 0.496 e. The van der Waals surface area contributed by atoms with E-state index in [0.717, 1.165) is 31.7 Å². The lowest BCUT2D eigenvalue weighted by molar-refractivity contribution is -0.131. The lowest BCUT2D eigenvalue weighted by Crippen LogP contribution is -2.46. The number of aryl methyl sites for hydroxylation is 1. The Morgan fingerprint density at radius 2 is 2.16 bits per heavy atom. The summed E-state index contributed by atoms with van der Waals surface area (Å²) in [5, 5.41) is 3.21. The van der Waals surface area contributed by atoms with Gasteiger partial charge in [-0.15, -0.1) is 0 Å². The Kier molecular flexibility index (Phi) is 4.74. The second kappa shape index (κ2) is 6.52. The molecule has 1 N–H and O–H groups in total. The summed E-state index contributed by atoms with van der Waals surface area (Å²) >= 11 is 0. The normalized spacial score (nSPS) is 15.4. The lowest BCUT2D eigenvalue weighted by Gasteiger charge is -2.27. The number of nitrogens with one attached hydrogen (secondary N) is 1. The standard InChI is InChI=1S/C14H19FN2O2/c1-19-13-4-3-12(15)10-11(13)2-5-14(18)17-8-6-16-7-9-17/h3-4,10,16H,2,5-9H2,1H3. The average Bonchev–Trinajstić information content (AvgIpc) is 2.46. The van der Waals surface area contributed by atoms with Crippen molar-refractivity contribution in [3.63, 3.8) is 0 Å². The van der Waals surface area contributed by atoms with E-state index in [2.05, 4.69) is 5.32 Å². The minimum atomic E-state index is -0.301. The average molecular weight is 266 g/mol. The van der Waals surface area contributed by atoms with Crippen molar-refractivity contribution in [2.45, 2.75) is 12.8 Å². The Balaban J connectivity index is 1.94. The zero-order chi connectivity index (χ0) is 13.7. The number of ether oxygens (including phenoxy) is 1. The number of nitrogens with zero attached hydrogens (tertiary/aromatic N) is 1. The van der Waals surface area contributed by atoms with Crippen molar-refractivity contribution in [2.24, 2.45) is 0 Å². The summed E-state index contributed by atoms with van der Waals surface area (Å²) in [6.45, 7) is 3.18. The van der Waals surface area contributed by atoms with Crippen LogP contribution in [0.3, 0.4) is 0 Å². The fraction of sp³-hybridized carbons (Fsp3) is 0.500. The van der Waals surface area contributed by atoms with Gasteiger partial charge in [-0.2, -0.15) is 0 Å². The third kappa shape index (κ3) is 3.67. The van der Waals surface area contributed by atoms with Crippen LogP contribution in [0.15, 0.2) is 18.2 Å². The Hall–Kier alpha value is -1.62. The van der Waals surface area contributed by atoms with Gasteiger partial charge >= 0.3 is 0 Å². The second-order valence-corrected chi connectivity index (χ2v) is 4.59. The molecular weight excluding hydrogens is 247 g/mol. The van der Waals surface area contributed by atoms with Gasteiger partial charge < -0.3 is 15.0 Å². The predicted molar refractivity (Wildman–Crippen MR) is 70.7 cm³/mol. The summed E-state index contributed by atoms with van der Waals surface area (Å²) in [5.41, 5.74) is 0.742. The van der Waals surface area contributed by atoms with E-state index in [-0.39, 0.29) is 11.7 Å². The van der Waals surface area contributed by atoms with Crippen LogP contribution in [0.4, 0.5) is 4.39 Å². The van der Waals surface area contributed by atoms with Crippen LogP contribution >= 0.6 is 0 Å². The monoisotopic (exact) mass is 266 g/mol. The summed E-state index contributed by atoms with van der Waals surface area (Å²) in [4.78, 5) is 13.9. The number of benzene rings is 1. The van der Waals surface area contributed by atoms with Gasteiger partial charge in [0.05, 0.1) is 7.11 Å². The predicted octanol–water partition coefficient (Wildman–Crippen LogP) is 1.20. The van der Waals surface area contributed by atoms with E-state index >= 15 is 0 Å². The first-order chi connectivity index (χ1) is 9.20. The maximum atomic E-state index is 13.2. The van der Waals surface area contributed by atoms with Crippen LogP contribution in [-0.4, -0.2) is 44.1 Å². The van der Waals surface area contributed by atoms with Crippen LogP contribution in [0, 0.1) is 5.82 Å². The molecule has 1 aliphatic heterocycles. The molecule has 0 spiro atoms. The third-order valence-electron chi connectivity index (χ3n) is 3.32. The molecular formula is C14H19FN2O2. The lowest BCUT2D eigenvalue weighted by atomic mass is 10.1. The molecule has 0 unspecified atom stereocenters. The summed E-state index contributed by atoms with van der Waals surface area (Å²) < 4.78 is 18.4. The number of methoxy groups -OCH3 is 1. The van der Waals surface area contributed by atoms with Gasteiger partial charge in [-0.1, -0.05) is 0 Å². The molecule has 2 rings (SSSR count). The second-order valence-electron chi connectivity index (χ2n) is 4.59. The van der Waals surface area contributed by atoms with Crippen LogP contribution in [0.25, 0.3) is 0 Å². The summed E-state index contributed by atoms with van der Waals surface area (Å²) in [6.07, 6.45) is 0.892. The van der Waals surface area contributed by atoms with E-state index in [1.165, 1.54) is 12.1 Å². The fourth-order valence-electron chi connectivity index (χ4n) is 2.26. The number of rotatable bonds is 4. The maximum absolute atomic E-state index is 13.2. The number of hydrogen-bond acceptors (Lipinski definition) is 3. The van der Waals surface area contributed by atoms with E-state index < -0.39 is 0 Å². The number of halogens is 1. The highest BCUT2D eigenvalue weighted by Crippen LogP contribution is 2.21. The molecule has 0 radical (unpaired) electrons. The van der Waals surface area contributed by atoms with Crippen LogP contribution in [-0.2, 0) is 11.2 Å². The van der Waals surface area contributed by atoms with Crippen molar-refractivity contribution in [1.29, 1.82) is 0 Å². The molecule has 1 aromatic rings. The van der Waals surface area contributed by atoms with Crippen molar-refractivity contribution in [1.82, 2.24) is 10.2 Å². The zero-order valence-corrected chi connectivity index (χ0v) is 11.1. The summed E-state index contributed by atoms with van der Waals surface area (Å²) in [7, 11) is 1.55. The quantitative estimate of drug-likeness (QED) is 0.890. The third-order valence-corrected chi connectivity index (χ3v) is 3.32. The van der Waals surface area contributed by atoms with Crippen molar-refractivity contribution < 1.29 is 13.9 Å². The molecule has 104 valence electrons. The smallest absolute Gasteiger partial charge is 0.222 e. The van der Waals surface area contributed by atoms with E-state index in [0.29, 0.717) is 18.6 Å². The van der Waals surface area contributed by atoms with E-state index in [9.17, 15) is 9.18 Å². The van der Waals surface area contributed by atoms with Crippen molar-refractivity contribution in [3.8, 4) is 5.75 Å². The van der Waals surface area contributed by atoms with E-state index in [1.807, 2.05) is 4.90 Å². The van der Waals surface area contributed by atoms with Crippen molar-refractivity contribution in [3.05, 3.63) is 29.6 Å². The molecule has 1 heterocycles. The Morgan fingerprint density at radius 1 is 1.42 bits per heavy atom. The van der Waals surface area contributed by atoms with Gasteiger partial charge in [0.25, 0.3) is 0 Å². The van der Waals surface area contributed by atoms with Gasteiger partial charge in [0.15, 0.2) is 0 Å². The SMILES string of the molecule is COc1ccc(F)cc1CCC(=O)N1CCNCC1. The van der Waals surface area contributed by atoms with Crippen molar-refractivity contribution >= 4 is 5.91 Å². The first-order valence-electron chi connectivity index (χ1n) is 6.51. The molecule has 0 saturated carbocycles. The molecule has 1 saturated heterocycles. The van der Waals surface area contributed by atoms with Gasteiger partial charge in [0, 0.05) is 32.6 Å². The van der Waals surface area contributed by atoms with Gasteiger partial charge in [0.1, 0.15) is 11.6 Å². The van der Waals surface area contributed by atoms with Gasteiger partial charge in [-0.3, -0.25) is 4.79 Å². The Bertz CT molecular complexity index is 445. The van der Waals surface area contributed by atoms with Crippen LogP contribution in [0.2, 0.25) is 0 Å². The highest BCUT2D eigenvalue weighted by Gasteiger charge is 2.16. The molecule has 0 atom stereocenters. The molecule has 1 fully saturated rings. The summed E-state index contributed by atoms with van der Waals surface area (Å²) in [6, 6.07) is 4.39. The number of piperazine rings is 1. The van der Waals surface area contributed by atoms with Gasteiger partial charge in [0.2, 0.25) is 5.91 Å². The molecule has 0 bridgehead atoms. The topological polar surface area (TPSA) is 41.6 Å². The number of hydrogen-bond donors (Lipinski definition) is 1. The fourth-order valence-corrected chi connectivity index (χ4v) is 2.26. The molecule has 1 amide bonds. The minimum Gasteiger partial charge on any atom is -0.496 e. The maximum Gasteiger partial charge on any atom is 0.222 e. The number of carbonyl (C=O) groups excluding carboxylic acids is 1. The first kappa shape index (κ1) is 13.8. The molecule has 1 aliphatic rings. The highest BCUT2D eigenvalue weighted by molar-refractivity contribution is 5.76. The van der Waals surface area contributed by atoms with Gasteiger partial charge in [-0.25, -0.2) is 4.39 Å². The van der Waals surface area contributed by atoms with E-state index in [1.54, 1.807) is 13.2 Å². The summed E-state index contributed by atoms with van der Waals surface area (Å²) in [5.74, 6) is 0.452. The first-order valence-corrected chi connectivity index (χ1v) is 6.51. The highest BCUT2D eigenvalue weighted by atomic mass is 19.1. The Morgan fingerprint density at radius 3 is 2.84 bits per heavy atom. The Labute approximate surface area is 112 Å². The number of amides is 1. The van der Waals surface area contributed by atoms with Crippen LogP contribution in [0.5, 0.6) is 5.75 Å². The van der Waals surface area contributed by atoms with Crippen LogP contribution in [0.1, 0.15) is 12.0 Å². The molecule has 1 aromatic carbocycles. The van der Waals surface area contributed by atoms with Crippen LogP contribution < -0.4 is 10.1 Å². The van der Waals surface area contributed by atoms with Gasteiger partial charge in [-0.05, 0) is 30.2 Å². The zero-order valence-electron chi connectivity index (χ0n) is 11.1. The molecule has 19 heavy (non-hydrogen) atoms. The molecule has 0 aliphatic carbocycles. The molecule has 0 aromatic heterocycles. The minimum absolute atomic E-state index is 0.118.